The van der Waals surface area contributed by atoms with Gasteiger partial charge >= 0.3 is 6.03 Å². The molecule has 0 atom stereocenters. The van der Waals surface area contributed by atoms with Crippen molar-refractivity contribution in [2.45, 2.75) is 0 Å². The summed E-state index contributed by atoms with van der Waals surface area (Å²) in [7, 11) is 0. The molecule has 0 saturated heterocycles. The first kappa shape index (κ1) is 9.37. The Labute approximate surface area is 71.3 Å². The van der Waals surface area contributed by atoms with Crippen LogP contribution in [0.5, 0.6) is 0 Å². The van der Waals surface area contributed by atoms with Crippen LogP contribution in [0.4, 0.5) is 23.7 Å². The van der Waals surface area contributed by atoms with E-state index in [1.54, 1.807) is 5.32 Å². The molecule has 1 rings (SSSR count). The van der Waals surface area contributed by atoms with Gasteiger partial charge in [-0.15, -0.1) is 0 Å². The van der Waals surface area contributed by atoms with Crippen LogP contribution in [0.15, 0.2) is 12.1 Å². The Morgan fingerprint density at radius 1 is 1.31 bits per heavy atom. The second-order valence-electron chi connectivity index (χ2n) is 2.24. The zero-order chi connectivity index (χ0) is 10.0. The van der Waals surface area contributed by atoms with Gasteiger partial charge in [0.25, 0.3) is 0 Å². The van der Waals surface area contributed by atoms with Gasteiger partial charge in [-0.05, 0) is 0 Å². The number of hydrogen-bond donors (Lipinski definition) is 2. The van der Waals surface area contributed by atoms with E-state index in [4.69, 9.17) is 0 Å². The maximum absolute atomic E-state index is 12.7. The maximum Gasteiger partial charge on any atom is 0.316 e. The van der Waals surface area contributed by atoms with Crippen LogP contribution in [0.2, 0.25) is 0 Å². The van der Waals surface area contributed by atoms with Gasteiger partial charge in [0.1, 0.15) is 5.82 Å². The fourth-order valence-electron chi connectivity index (χ4n) is 0.780. The van der Waals surface area contributed by atoms with Crippen LogP contribution in [0.3, 0.4) is 0 Å². The minimum atomic E-state index is -1.39. The van der Waals surface area contributed by atoms with E-state index in [0.29, 0.717) is 12.1 Å². The molecule has 70 valence electrons. The predicted octanol–water partition coefficient (Wildman–Crippen LogP) is 1.59. The average molecular weight is 190 g/mol. The van der Waals surface area contributed by atoms with Gasteiger partial charge < -0.3 is 11.1 Å². The van der Waals surface area contributed by atoms with Gasteiger partial charge in [0.15, 0.2) is 11.6 Å². The summed E-state index contributed by atoms with van der Waals surface area (Å²) in [6.07, 6.45) is 0. The molecule has 0 saturated carbocycles. The van der Waals surface area contributed by atoms with Crippen molar-refractivity contribution in [1.29, 1.82) is 0 Å². The molecule has 0 fully saturated rings. The monoisotopic (exact) mass is 190 g/mol. The molecule has 0 radical (unpaired) electrons. The second kappa shape index (κ2) is 3.34. The SMILES string of the molecule is NC(=O)Nc1cc(F)cc(F)c1F. The summed E-state index contributed by atoms with van der Waals surface area (Å²) in [4.78, 5) is 10.2. The number of carbonyl (C=O) groups is 1. The van der Waals surface area contributed by atoms with Crippen molar-refractivity contribution in [3.05, 3.63) is 29.6 Å². The van der Waals surface area contributed by atoms with Crippen molar-refractivity contribution in [3.63, 3.8) is 0 Å². The summed E-state index contributed by atoms with van der Waals surface area (Å²) in [6, 6.07) is -0.103. The molecule has 3 nitrogen and oxygen atoms in total. The van der Waals surface area contributed by atoms with Crippen LogP contribution < -0.4 is 11.1 Å². The Morgan fingerprint density at radius 2 is 1.92 bits per heavy atom. The van der Waals surface area contributed by atoms with Gasteiger partial charge in [-0.3, -0.25) is 0 Å². The molecule has 6 heteroatoms. The van der Waals surface area contributed by atoms with E-state index in [0.717, 1.165) is 0 Å². The molecule has 0 unspecified atom stereocenters. The molecule has 2 amide bonds. The number of halogens is 3. The topological polar surface area (TPSA) is 55.1 Å². The zero-order valence-electron chi connectivity index (χ0n) is 6.27. The molecule has 0 aliphatic rings. The largest absolute Gasteiger partial charge is 0.351 e. The molecule has 1 aromatic carbocycles. The van der Waals surface area contributed by atoms with Crippen LogP contribution in [0.1, 0.15) is 0 Å². The van der Waals surface area contributed by atoms with Crippen LogP contribution >= 0.6 is 0 Å². The summed E-state index contributed by atoms with van der Waals surface area (Å²) < 4.78 is 37.7. The third kappa shape index (κ3) is 2.11. The van der Waals surface area contributed by atoms with Crippen LogP contribution in [-0.2, 0) is 0 Å². The van der Waals surface area contributed by atoms with Crippen molar-refractivity contribution in [2.75, 3.05) is 5.32 Å². The highest BCUT2D eigenvalue weighted by molar-refractivity contribution is 5.87. The molecule has 1 aromatic rings. The highest BCUT2D eigenvalue weighted by Gasteiger charge is 2.11. The van der Waals surface area contributed by atoms with E-state index in [9.17, 15) is 18.0 Å². The molecule has 0 aliphatic carbocycles. The van der Waals surface area contributed by atoms with E-state index in [2.05, 4.69) is 5.73 Å². The standard InChI is InChI=1S/C7H5F3N2O/c8-3-1-4(9)6(10)5(2-3)12-7(11)13/h1-2H,(H3,11,12,13). The number of rotatable bonds is 1. The number of primary amides is 1. The van der Waals surface area contributed by atoms with Gasteiger partial charge in [0.2, 0.25) is 0 Å². The average Bonchev–Trinajstić information content (AvgIpc) is 1.98. The van der Waals surface area contributed by atoms with Crippen LogP contribution in [0, 0.1) is 17.5 Å². The predicted molar refractivity (Wildman–Crippen MR) is 39.5 cm³/mol. The summed E-state index contributed by atoms with van der Waals surface area (Å²) >= 11 is 0. The minimum Gasteiger partial charge on any atom is -0.351 e. The number of benzene rings is 1. The Bertz CT molecular complexity index is 354. The van der Waals surface area contributed by atoms with E-state index < -0.39 is 29.2 Å². The Kier molecular flexibility index (Phi) is 2.41. The van der Waals surface area contributed by atoms with Crippen LogP contribution in [0.25, 0.3) is 0 Å². The van der Waals surface area contributed by atoms with Crippen molar-refractivity contribution in [1.82, 2.24) is 0 Å². The molecule has 0 aliphatic heterocycles. The lowest BCUT2D eigenvalue weighted by molar-refractivity contribution is 0.259. The summed E-state index contributed by atoms with van der Waals surface area (Å²) in [5.41, 5.74) is 4.01. The fraction of sp³-hybridized carbons (Fsp3) is 0. The minimum absolute atomic E-state index is 0.363. The number of nitrogens with two attached hydrogens (primary N) is 1. The van der Waals surface area contributed by atoms with Gasteiger partial charge in [-0.2, -0.15) is 0 Å². The van der Waals surface area contributed by atoms with Gasteiger partial charge in [0, 0.05) is 12.1 Å². The van der Waals surface area contributed by atoms with Crippen molar-refractivity contribution < 1.29 is 18.0 Å². The molecule has 13 heavy (non-hydrogen) atoms. The molecule has 0 spiro atoms. The number of carbonyl (C=O) groups excluding carboxylic acids is 1. The van der Waals surface area contributed by atoms with Gasteiger partial charge in [-0.25, -0.2) is 18.0 Å². The number of amides is 2. The first-order chi connectivity index (χ1) is 6.00. The van der Waals surface area contributed by atoms with E-state index >= 15 is 0 Å². The zero-order valence-corrected chi connectivity index (χ0v) is 6.27. The maximum atomic E-state index is 12.7. The number of nitrogens with one attached hydrogen (secondary N) is 1. The first-order valence-corrected chi connectivity index (χ1v) is 3.21. The van der Waals surface area contributed by atoms with Crippen LogP contribution in [-0.4, -0.2) is 6.03 Å². The molecule has 0 bridgehead atoms. The van der Waals surface area contributed by atoms with Crippen molar-refractivity contribution >= 4 is 11.7 Å². The lowest BCUT2D eigenvalue weighted by Gasteiger charge is -2.03. The quantitative estimate of drug-likeness (QED) is 0.649. The lowest BCUT2D eigenvalue weighted by Crippen LogP contribution is -2.20. The molecule has 0 aromatic heterocycles. The molecule has 3 N–H and O–H groups in total. The van der Waals surface area contributed by atoms with Crippen molar-refractivity contribution in [2.24, 2.45) is 5.73 Å². The summed E-state index contributed by atoms with van der Waals surface area (Å²) in [5.74, 6) is -3.73. The third-order valence-electron chi connectivity index (χ3n) is 1.25. The summed E-state index contributed by atoms with van der Waals surface area (Å²) in [5, 5.41) is 1.74. The highest BCUT2D eigenvalue weighted by atomic mass is 19.2. The van der Waals surface area contributed by atoms with E-state index in [-0.39, 0.29) is 0 Å². The lowest BCUT2D eigenvalue weighted by atomic mass is 10.3. The first-order valence-electron chi connectivity index (χ1n) is 3.21. The fourth-order valence-corrected chi connectivity index (χ4v) is 0.780. The van der Waals surface area contributed by atoms with Gasteiger partial charge in [-0.1, -0.05) is 0 Å². The third-order valence-corrected chi connectivity index (χ3v) is 1.25. The Balaban J connectivity index is 3.12. The van der Waals surface area contributed by atoms with E-state index in [1.807, 2.05) is 0 Å². The van der Waals surface area contributed by atoms with E-state index in [1.165, 1.54) is 0 Å². The van der Waals surface area contributed by atoms with Crippen molar-refractivity contribution in [3.8, 4) is 0 Å². The molecular weight excluding hydrogens is 185 g/mol. The number of hydrogen-bond acceptors (Lipinski definition) is 1. The molecular formula is C7H5F3N2O. The molecule has 0 heterocycles. The Hall–Kier alpha value is -1.72. The van der Waals surface area contributed by atoms with Gasteiger partial charge in [0.05, 0.1) is 5.69 Å². The Morgan fingerprint density at radius 3 is 2.46 bits per heavy atom. The second-order valence-corrected chi connectivity index (χ2v) is 2.24. The highest BCUT2D eigenvalue weighted by Crippen LogP contribution is 2.18. The summed E-state index contributed by atoms with van der Waals surface area (Å²) in [6.45, 7) is 0. The number of urea groups is 1. The number of anilines is 1. The smallest absolute Gasteiger partial charge is 0.316 e. The normalized spacial score (nSPS) is 9.77.